The molecule has 2 aromatic carbocycles. The molecule has 0 bridgehead atoms. The molecule has 0 atom stereocenters. The van der Waals surface area contributed by atoms with Gasteiger partial charge in [0, 0.05) is 11.6 Å². The number of benzene rings is 2. The lowest BCUT2D eigenvalue weighted by molar-refractivity contribution is -0.385. The summed E-state index contributed by atoms with van der Waals surface area (Å²) in [5.41, 5.74) is -1.16. The highest BCUT2D eigenvalue weighted by Gasteiger charge is 2.31. The van der Waals surface area contributed by atoms with Crippen LogP contribution in [0.2, 0.25) is 5.02 Å². The maximum atomic E-state index is 12.8. The van der Waals surface area contributed by atoms with E-state index in [9.17, 15) is 28.1 Å². The Morgan fingerprint density at radius 1 is 1.21 bits per heavy atom. The van der Waals surface area contributed by atoms with E-state index in [1.807, 2.05) is 7.05 Å². The smallest absolute Gasteiger partial charge is 0.416 e. The lowest BCUT2D eigenvalue weighted by Gasteiger charge is -2.28. The summed E-state index contributed by atoms with van der Waals surface area (Å²) in [6.07, 6.45) is -3.10. The first-order chi connectivity index (χ1) is 15.5. The molecular formula is C22H22ClF3N2O5. The Balaban J connectivity index is 1.70. The summed E-state index contributed by atoms with van der Waals surface area (Å²) in [5.74, 6) is -0.340. The Kier molecular flexibility index (Phi) is 7.80. The number of esters is 1. The van der Waals surface area contributed by atoms with Gasteiger partial charge < -0.3 is 14.4 Å². The number of carbonyl (C=O) groups excluding carboxylic acids is 1. The van der Waals surface area contributed by atoms with Crippen molar-refractivity contribution in [3.8, 4) is 11.5 Å². The summed E-state index contributed by atoms with van der Waals surface area (Å²) >= 11 is 5.90. The summed E-state index contributed by atoms with van der Waals surface area (Å²) in [6, 6.07) is 6.31. The van der Waals surface area contributed by atoms with Gasteiger partial charge in [0.15, 0.2) is 0 Å². The van der Waals surface area contributed by atoms with Gasteiger partial charge in [-0.15, -0.1) is 0 Å². The zero-order valence-corrected chi connectivity index (χ0v) is 18.5. The van der Waals surface area contributed by atoms with Crippen molar-refractivity contribution in [2.75, 3.05) is 26.7 Å². The largest absolute Gasteiger partial charge is 0.465 e. The molecule has 2 aromatic rings. The van der Waals surface area contributed by atoms with Gasteiger partial charge in [-0.05, 0) is 69.2 Å². The first-order valence-corrected chi connectivity index (χ1v) is 10.6. The monoisotopic (exact) mass is 486 g/mol. The van der Waals surface area contributed by atoms with Crippen LogP contribution >= 0.6 is 11.6 Å². The van der Waals surface area contributed by atoms with Gasteiger partial charge in [-0.25, -0.2) is 0 Å². The van der Waals surface area contributed by atoms with Crippen molar-refractivity contribution in [1.82, 2.24) is 4.90 Å². The molecule has 0 N–H and O–H groups in total. The number of hydrogen-bond donors (Lipinski definition) is 0. The molecule has 0 saturated carbocycles. The van der Waals surface area contributed by atoms with E-state index in [-0.39, 0.29) is 46.7 Å². The molecule has 1 aliphatic rings. The highest BCUT2D eigenvalue weighted by molar-refractivity contribution is 6.32. The van der Waals surface area contributed by atoms with Crippen LogP contribution < -0.4 is 4.74 Å². The Morgan fingerprint density at radius 3 is 2.52 bits per heavy atom. The third-order valence-corrected chi connectivity index (χ3v) is 5.68. The molecule has 1 heterocycles. The second-order valence-corrected chi connectivity index (χ2v) is 8.31. The molecule has 0 spiro atoms. The van der Waals surface area contributed by atoms with E-state index < -0.39 is 22.6 Å². The fourth-order valence-electron chi connectivity index (χ4n) is 3.48. The Morgan fingerprint density at radius 2 is 1.91 bits per heavy atom. The van der Waals surface area contributed by atoms with Gasteiger partial charge in [-0.3, -0.25) is 14.9 Å². The number of carbonyl (C=O) groups is 1. The predicted octanol–water partition coefficient (Wildman–Crippen LogP) is 5.49. The zero-order valence-electron chi connectivity index (χ0n) is 17.7. The number of halogens is 4. The van der Waals surface area contributed by atoms with E-state index in [1.54, 1.807) is 0 Å². The summed E-state index contributed by atoms with van der Waals surface area (Å²) in [6.45, 7) is 2.08. The third kappa shape index (κ3) is 6.82. The van der Waals surface area contributed by atoms with E-state index in [1.165, 1.54) is 12.1 Å². The average molecular weight is 487 g/mol. The number of ether oxygens (including phenoxy) is 2. The van der Waals surface area contributed by atoms with Crippen molar-refractivity contribution >= 4 is 23.3 Å². The van der Waals surface area contributed by atoms with Crippen LogP contribution in [0, 0.1) is 16.0 Å². The van der Waals surface area contributed by atoms with Crippen LogP contribution in [0.1, 0.15) is 24.0 Å². The Bertz CT molecular complexity index is 1020. The lowest BCUT2D eigenvalue weighted by atomic mass is 9.98. The number of hydrogen-bond acceptors (Lipinski definition) is 6. The number of nitro groups is 1. The number of alkyl halides is 3. The van der Waals surface area contributed by atoms with Crippen molar-refractivity contribution in [3.05, 3.63) is 62.7 Å². The fraction of sp³-hybridized carbons (Fsp3) is 0.409. The van der Waals surface area contributed by atoms with E-state index in [4.69, 9.17) is 21.1 Å². The summed E-state index contributed by atoms with van der Waals surface area (Å²) in [5, 5.41) is 11.1. The predicted molar refractivity (Wildman–Crippen MR) is 115 cm³/mol. The minimum absolute atomic E-state index is 0.0608. The number of nitro benzene ring substituents is 1. The summed E-state index contributed by atoms with van der Waals surface area (Å²) in [7, 11) is 2.02. The van der Waals surface area contributed by atoms with E-state index >= 15 is 0 Å². The minimum atomic E-state index is -4.56. The molecule has 0 amide bonds. The van der Waals surface area contributed by atoms with Crippen molar-refractivity contribution in [2.45, 2.75) is 25.4 Å². The van der Waals surface area contributed by atoms with Gasteiger partial charge in [0.2, 0.25) is 0 Å². The molecule has 33 heavy (non-hydrogen) atoms. The number of likely N-dealkylation sites (tertiary alicyclic amines) is 1. The SMILES string of the molecule is CN1CCC(COC(=O)Cc2cc(Oc3ccc(C(F)(F)F)cc3Cl)ccc2[N+](=O)[O-])CC1. The number of nitrogens with zero attached hydrogens (tertiary/aromatic N) is 2. The highest BCUT2D eigenvalue weighted by Crippen LogP contribution is 2.37. The molecular weight excluding hydrogens is 465 g/mol. The molecule has 0 aromatic heterocycles. The maximum absolute atomic E-state index is 12.8. The number of rotatable bonds is 7. The van der Waals surface area contributed by atoms with E-state index in [0.717, 1.165) is 50.2 Å². The van der Waals surface area contributed by atoms with Crippen LogP contribution in [-0.4, -0.2) is 42.5 Å². The topological polar surface area (TPSA) is 81.9 Å². The summed E-state index contributed by atoms with van der Waals surface area (Å²) in [4.78, 5) is 25.3. The van der Waals surface area contributed by atoms with Crippen LogP contribution in [0.25, 0.3) is 0 Å². The lowest BCUT2D eigenvalue weighted by Crippen LogP contribution is -2.32. The molecule has 7 nitrogen and oxygen atoms in total. The van der Waals surface area contributed by atoms with Crippen molar-refractivity contribution in [2.24, 2.45) is 5.92 Å². The first kappa shape index (κ1) is 24.8. The van der Waals surface area contributed by atoms with Crippen LogP contribution in [0.15, 0.2) is 36.4 Å². The van der Waals surface area contributed by atoms with Crippen molar-refractivity contribution in [1.29, 1.82) is 0 Å². The van der Waals surface area contributed by atoms with Gasteiger partial charge in [0.25, 0.3) is 5.69 Å². The molecule has 0 unspecified atom stereocenters. The van der Waals surface area contributed by atoms with E-state index in [0.29, 0.717) is 0 Å². The minimum Gasteiger partial charge on any atom is -0.465 e. The Hall–Kier alpha value is -2.85. The molecule has 0 radical (unpaired) electrons. The molecule has 1 saturated heterocycles. The normalized spacial score (nSPS) is 15.3. The van der Waals surface area contributed by atoms with E-state index in [2.05, 4.69) is 4.90 Å². The van der Waals surface area contributed by atoms with Crippen LogP contribution in [0.5, 0.6) is 11.5 Å². The van der Waals surface area contributed by atoms with Crippen molar-refractivity contribution in [3.63, 3.8) is 0 Å². The molecule has 3 rings (SSSR count). The van der Waals surface area contributed by atoms with Gasteiger partial charge in [0.1, 0.15) is 11.5 Å². The standard InChI is InChI=1S/C22H22ClF3N2O5/c1-27-8-6-14(7-9-27)13-32-21(29)11-15-10-17(3-4-19(15)28(30)31)33-20-5-2-16(12-18(20)23)22(24,25)26/h2-5,10,12,14H,6-9,11,13H2,1H3. The average Bonchev–Trinajstić information content (AvgIpc) is 2.74. The maximum Gasteiger partial charge on any atom is 0.416 e. The van der Waals surface area contributed by atoms with Gasteiger partial charge in [-0.2, -0.15) is 13.2 Å². The quantitative estimate of drug-likeness (QED) is 0.292. The van der Waals surface area contributed by atoms with Gasteiger partial charge >= 0.3 is 12.1 Å². The highest BCUT2D eigenvalue weighted by atomic mass is 35.5. The van der Waals surface area contributed by atoms with Gasteiger partial charge in [0.05, 0.1) is 28.5 Å². The first-order valence-electron chi connectivity index (χ1n) is 10.2. The van der Waals surface area contributed by atoms with Crippen LogP contribution in [0.4, 0.5) is 18.9 Å². The molecule has 178 valence electrons. The van der Waals surface area contributed by atoms with Gasteiger partial charge in [-0.1, -0.05) is 11.6 Å². The molecule has 0 aliphatic carbocycles. The van der Waals surface area contributed by atoms with Crippen LogP contribution in [-0.2, 0) is 22.1 Å². The zero-order chi connectivity index (χ0) is 24.2. The molecule has 1 fully saturated rings. The van der Waals surface area contributed by atoms with Crippen LogP contribution in [0.3, 0.4) is 0 Å². The second-order valence-electron chi connectivity index (χ2n) is 7.90. The third-order valence-electron chi connectivity index (χ3n) is 5.39. The number of piperidine rings is 1. The second kappa shape index (κ2) is 10.4. The molecule has 11 heteroatoms. The Labute approximate surface area is 193 Å². The van der Waals surface area contributed by atoms with Crippen molar-refractivity contribution < 1.29 is 32.4 Å². The summed E-state index contributed by atoms with van der Waals surface area (Å²) < 4.78 is 49.3. The fourth-order valence-corrected chi connectivity index (χ4v) is 3.70. The molecule has 1 aliphatic heterocycles.